The van der Waals surface area contributed by atoms with Crippen LogP contribution in [0.3, 0.4) is 0 Å². The van der Waals surface area contributed by atoms with Crippen molar-refractivity contribution >= 4 is 6.03 Å². The molecule has 1 aromatic rings. The third-order valence-electron chi connectivity index (χ3n) is 4.60. The Bertz CT molecular complexity index is 514. The molecule has 4 heteroatoms. The van der Waals surface area contributed by atoms with E-state index in [1.54, 1.807) is 0 Å². The van der Waals surface area contributed by atoms with Gasteiger partial charge in [0.05, 0.1) is 6.10 Å². The minimum Gasteiger partial charge on any atom is -0.393 e. The molecule has 1 aromatic carbocycles. The van der Waals surface area contributed by atoms with Crippen molar-refractivity contribution in [1.29, 1.82) is 0 Å². The van der Waals surface area contributed by atoms with Crippen LogP contribution >= 0.6 is 0 Å². The van der Waals surface area contributed by atoms with Crippen molar-refractivity contribution in [2.75, 3.05) is 19.6 Å². The van der Waals surface area contributed by atoms with E-state index in [0.29, 0.717) is 13.1 Å². The Morgan fingerprint density at radius 1 is 1.45 bits per heavy atom. The minimum atomic E-state index is -0.342. The molecule has 0 radical (unpaired) electrons. The summed E-state index contributed by atoms with van der Waals surface area (Å²) in [7, 11) is 0. The summed E-state index contributed by atoms with van der Waals surface area (Å²) in [5, 5.41) is 12.7. The van der Waals surface area contributed by atoms with Gasteiger partial charge in [0.2, 0.25) is 0 Å². The molecule has 0 bridgehead atoms. The Morgan fingerprint density at radius 2 is 2.23 bits per heavy atom. The van der Waals surface area contributed by atoms with Crippen molar-refractivity contribution in [1.82, 2.24) is 10.2 Å². The van der Waals surface area contributed by atoms with Crippen LogP contribution in [0.25, 0.3) is 0 Å². The molecule has 122 valence electrons. The number of urea groups is 1. The number of hydrogen-bond acceptors (Lipinski definition) is 2. The van der Waals surface area contributed by atoms with Crippen LogP contribution in [0.15, 0.2) is 18.2 Å². The maximum Gasteiger partial charge on any atom is 0.317 e. The molecule has 0 spiro atoms. The first-order valence-corrected chi connectivity index (χ1v) is 8.24. The second-order valence-electron chi connectivity index (χ2n) is 6.50. The number of benzene rings is 1. The van der Waals surface area contributed by atoms with Gasteiger partial charge in [0.1, 0.15) is 0 Å². The van der Waals surface area contributed by atoms with E-state index in [0.717, 1.165) is 25.8 Å². The Hall–Kier alpha value is -1.55. The number of nitrogens with one attached hydrogen (secondary N) is 1. The third-order valence-corrected chi connectivity index (χ3v) is 4.60. The highest BCUT2D eigenvalue weighted by atomic mass is 16.3. The predicted octanol–water partition coefficient (Wildman–Crippen LogP) is 2.65. The molecular formula is C18H28N2O2. The summed E-state index contributed by atoms with van der Waals surface area (Å²) in [5.41, 5.74) is 3.83. The van der Waals surface area contributed by atoms with Gasteiger partial charge in [-0.15, -0.1) is 0 Å². The Morgan fingerprint density at radius 3 is 2.91 bits per heavy atom. The second-order valence-corrected chi connectivity index (χ2v) is 6.50. The maximum absolute atomic E-state index is 12.2. The number of hydrogen-bond donors (Lipinski definition) is 2. The Kier molecular flexibility index (Phi) is 5.83. The lowest BCUT2D eigenvalue weighted by atomic mass is 9.94. The highest BCUT2D eigenvalue weighted by Crippen LogP contribution is 2.19. The molecule has 2 rings (SSSR count). The molecule has 2 unspecified atom stereocenters. The van der Waals surface area contributed by atoms with Gasteiger partial charge >= 0.3 is 6.03 Å². The highest BCUT2D eigenvalue weighted by molar-refractivity contribution is 5.74. The number of carbonyl (C=O) groups is 1. The van der Waals surface area contributed by atoms with E-state index < -0.39 is 0 Å². The van der Waals surface area contributed by atoms with Gasteiger partial charge in [-0.25, -0.2) is 4.79 Å². The SMILES string of the molecule is Cc1ccc(CCNC(=O)N2CCCC(C(C)O)C2)c(C)c1. The van der Waals surface area contributed by atoms with Crippen molar-refractivity contribution in [3.63, 3.8) is 0 Å². The zero-order valence-electron chi connectivity index (χ0n) is 13.9. The molecule has 1 aliphatic rings. The van der Waals surface area contributed by atoms with E-state index in [1.165, 1.54) is 16.7 Å². The van der Waals surface area contributed by atoms with Gasteiger partial charge in [0.25, 0.3) is 0 Å². The molecule has 0 aliphatic carbocycles. The summed E-state index contributed by atoms with van der Waals surface area (Å²) < 4.78 is 0. The molecule has 1 aliphatic heterocycles. The first-order chi connectivity index (χ1) is 10.5. The number of likely N-dealkylation sites (tertiary alicyclic amines) is 1. The summed E-state index contributed by atoms with van der Waals surface area (Å²) in [6.07, 6.45) is 2.49. The molecule has 1 saturated heterocycles. The van der Waals surface area contributed by atoms with Crippen LogP contribution in [0, 0.1) is 19.8 Å². The normalized spacial score (nSPS) is 19.8. The zero-order chi connectivity index (χ0) is 16.1. The van der Waals surface area contributed by atoms with Gasteiger partial charge in [-0.05, 0) is 51.2 Å². The topological polar surface area (TPSA) is 52.6 Å². The summed E-state index contributed by atoms with van der Waals surface area (Å²) in [6.45, 7) is 8.12. The van der Waals surface area contributed by atoms with Gasteiger partial charge in [-0.1, -0.05) is 23.8 Å². The second kappa shape index (κ2) is 7.63. The van der Waals surface area contributed by atoms with Crippen LogP contribution in [0.5, 0.6) is 0 Å². The van der Waals surface area contributed by atoms with Crippen LogP contribution in [0.2, 0.25) is 0 Å². The number of carbonyl (C=O) groups excluding carboxylic acids is 1. The molecule has 0 aromatic heterocycles. The number of aliphatic hydroxyl groups is 1. The van der Waals surface area contributed by atoms with Crippen LogP contribution in [-0.4, -0.2) is 41.8 Å². The molecule has 1 fully saturated rings. The monoisotopic (exact) mass is 304 g/mol. The summed E-state index contributed by atoms with van der Waals surface area (Å²) in [5.74, 6) is 0.207. The van der Waals surface area contributed by atoms with Crippen LogP contribution in [0.4, 0.5) is 4.79 Å². The minimum absolute atomic E-state index is 0.00452. The molecule has 2 atom stereocenters. The summed E-state index contributed by atoms with van der Waals surface area (Å²) >= 11 is 0. The van der Waals surface area contributed by atoms with E-state index in [4.69, 9.17) is 0 Å². The first kappa shape index (κ1) is 16.8. The van der Waals surface area contributed by atoms with E-state index in [1.807, 2.05) is 11.8 Å². The molecule has 2 amide bonds. The largest absolute Gasteiger partial charge is 0.393 e. The van der Waals surface area contributed by atoms with Gasteiger partial charge in [0.15, 0.2) is 0 Å². The average Bonchev–Trinajstić information content (AvgIpc) is 2.49. The van der Waals surface area contributed by atoms with Crippen molar-refractivity contribution in [2.24, 2.45) is 5.92 Å². The molecule has 4 nitrogen and oxygen atoms in total. The lowest BCUT2D eigenvalue weighted by Crippen LogP contribution is -2.47. The fraction of sp³-hybridized carbons (Fsp3) is 0.611. The van der Waals surface area contributed by atoms with Crippen molar-refractivity contribution in [2.45, 2.75) is 46.1 Å². The Labute approximate surface area is 133 Å². The molecule has 22 heavy (non-hydrogen) atoms. The van der Waals surface area contributed by atoms with Crippen LogP contribution in [0.1, 0.15) is 36.5 Å². The number of nitrogens with zero attached hydrogens (tertiary/aromatic N) is 1. The smallest absolute Gasteiger partial charge is 0.317 e. The number of rotatable bonds is 4. The third kappa shape index (κ3) is 4.47. The number of aryl methyl sites for hydroxylation is 2. The summed E-state index contributed by atoms with van der Waals surface area (Å²) in [4.78, 5) is 14.1. The number of piperidine rings is 1. The van der Waals surface area contributed by atoms with E-state index in [9.17, 15) is 9.90 Å². The van der Waals surface area contributed by atoms with Gasteiger partial charge in [-0.3, -0.25) is 0 Å². The molecule has 1 heterocycles. The standard InChI is InChI=1S/C18H28N2O2/c1-13-6-7-16(14(2)11-13)8-9-19-18(22)20-10-4-5-17(12-20)15(3)21/h6-7,11,15,17,21H,4-5,8-10,12H2,1-3H3,(H,19,22). The van der Waals surface area contributed by atoms with E-state index in [2.05, 4.69) is 37.4 Å². The maximum atomic E-state index is 12.2. The van der Waals surface area contributed by atoms with Crippen molar-refractivity contribution in [3.05, 3.63) is 34.9 Å². The lowest BCUT2D eigenvalue weighted by Gasteiger charge is -2.34. The predicted molar refractivity (Wildman–Crippen MR) is 89.0 cm³/mol. The van der Waals surface area contributed by atoms with Gasteiger partial charge in [-0.2, -0.15) is 0 Å². The van der Waals surface area contributed by atoms with Crippen molar-refractivity contribution in [3.8, 4) is 0 Å². The van der Waals surface area contributed by atoms with Gasteiger partial charge < -0.3 is 15.3 Å². The lowest BCUT2D eigenvalue weighted by molar-refractivity contribution is 0.0740. The number of aliphatic hydroxyl groups excluding tert-OH is 1. The molecule has 0 saturated carbocycles. The fourth-order valence-corrected chi connectivity index (χ4v) is 3.13. The summed E-state index contributed by atoms with van der Waals surface area (Å²) in [6, 6.07) is 6.42. The van der Waals surface area contributed by atoms with Crippen LogP contribution in [-0.2, 0) is 6.42 Å². The highest BCUT2D eigenvalue weighted by Gasteiger charge is 2.26. The number of amides is 2. The zero-order valence-corrected chi connectivity index (χ0v) is 13.9. The average molecular weight is 304 g/mol. The molecule has 2 N–H and O–H groups in total. The first-order valence-electron chi connectivity index (χ1n) is 8.24. The van der Waals surface area contributed by atoms with Crippen molar-refractivity contribution < 1.29 is 9.90 Å². The quantitative estimate of drug-likeness (QED) is 0.898. The Balaban J connectivity index is 1.80. The molecular weight excluding hydrogens is 276 g/mol. The van der Waals surface area contributed by atoms with E-state index >= 15 is 0 Å². The van der Waals surface area contributed by atoms with Crippen LogP contribution < -0.4 is 5.32 Å². The van der Waals surface area contributed by atoms with E-state index in [-0.39, 0.29) is 18.1 Å². The fourth-order valence-electron chi connectivity index (χ4n) is 3.13. The van der Waals surface area contributed by atoms with Gasteiger partial charge in [0, 0.05) is 25.6 Å².